The van der Waals surface area contributed by atoms with Gasteiger partial charge in [-0.15, -0.1) is 0 Å². The van der Waals surface area contributed by atoms with Crippen molar-refractivity contribution in [3.63, 3.8) is 0 Å². The Balaban J connectivity index is 2.11. The molecule has 1 aromatic carbocycles. The van der Waals surface area contributed by atoms with Crippen LogP contribution in [0.1, 0.15) is 28.9 Å². The van der Waals surface area contributed by atoms with Crippen molar-refractivity contribution in [1.82, 2.24) is 10.3 Å². The van der Waals surface area contributed by atoms with Crippen molar-refractivity contribution in [2.24, 2.45) is 0 Å². The smallest absolute Gasteiger partial charge is 0.253 e. The van der Waals surface area contributed by atoms with Gasteiger partial charge in [0.15, 0.2) is 0 Å². The molecule has 92 valence electrons. The highest BCUT2D eigenvalue weighted by molar-refractivity contribution is 5.99. The first-order chi connectivity index (χ1) is 8.68. The van der Waals surface area contributed by atoms with Gasteiger partial charge < -0.3 is 11.1 Å². The molecule has 2 rings (SSSR count). The molecule has 1 amide bonds. The maximum atomic E-state index is 12.0. The second-order valence-corrected chi connectivity index (χ2v) is 4.06. The number of aromatic nitrogens is 1. The zero-order chi connectivity index (χ0) is 13.0. The highest BCUT2D eigenvalue weighted by Crippen LogP contribution is 2.14. The van der Waals surface area contributed by atoms with Crippen molar-refractivity contribution in [3.8, 4) is 0 Å². The van der Waals surface area contributed by atoms with Crippen molar-refractivity contribution in [1.29, 1.82) is 0 Å². The molecule has 0 unspecified atom stereocenters. The summed E-state index contributed by atoms with van der Waals surface area (Å²) in [5, 5.41) is 2.91. The third-order valence-electron chi connectivity index (χ3n) is 2.76. The van der Waals surface area contributed by atoms with E-state index in [-0.39, 0.29) is 11.9 Å². The van der Waals surface area contributed by atoms with Crippen LogP contribution < -0.4 is 11.1 Å². The van der Waals surface area contributed by atoms with Crippen LogP contribution in [0.5, 0.6) is 0 Å². The van der Waals surface area contributed by atoms with Crippen LogP contribution in [0.4, 0.5) is 5.69 Å². The molecule has 0 saturated heterocycles. The lowest BCUT2D eigenvalue weighted by Gasteiger charge is -2.14. The molecule has 0 radical (unpaired) electrons. The summed E-state index contributed by atoms with van der Waals surface area (Å²) in [5.41, 5.74) is 7.75. The molecule has 4 nitrogen and oxygen atoms in total. The molecule has 0 saturated carbocycles. The Morgan fingerprint density at radius 1 is 1.22 bits per heavy atom. The lowest BCUT2D eigenvalue weighted by Crippen LogP contribution is -2.27. The second kappa shape index (κ2) is 5.31. The van der Waals surface area contributed by atoms with Crippen LogP contribution in [0, 0.1) is 0 Å². The number of nitrogens with zero attached hydrogens (tertiary/aromatic N) is 1. The van der Waals surface area contributed by atoms with Crippen molar-refractivity contribution in [2.45, 2.75) is 13.0 Å². The monoisotopic (exact) mass is 241 g/mol. The van der Waals surface area contributed by atoms with Crippen LogP contribution in [-0.4, -0.2) is 10.9 Å². The molecule has 0 fully saturated rings. The van der Waals surface area contributed by atoms with E-state index in [0.29, 0.717) is 11.3 Å². The predicted octanol–water partition coefficient (Wildman–Crippen LogP) is 2.15. The summed E-state index contributed by atoms with van der Waals surface area (Å²) in [4.78, 5) is 16.0. The standard InChI is InChI=1S/C14H15N3O/c1-10(11-6-8-16-9-7-11)17-14(18)12-4-2-3-5-13(12)15/h2-10H,15H2,1H3,(H,17,18)/t10-/m0/s1. The first-order valence-electron chi connectivity index (χ1n) is 5.74. The Kier molecular flexibility index (Phi) is 3.57. The fraction of sp³-hybridized carbons (Fsp3) is 0.143. The van der Waals surface area contributed by atoms with E-state index in [2.05, 4.69) is 10.3 Å². The van der Waals surface area contributed by atoms with E-state index in [4.69, 9.17) is 5.73 Å². The van der Waals surface area contributed by atoms with Gasteiger partial charge in [-0.2, -0.15) is 0 Å². The highest BCUT2D eigenvalue weighted by atomic mass is 16.1. The second-order valence-electron chi connectivity index (χ2n) is 4.06. The number of nitrogens with one attached hydrogen (secondary N) is 1. The van der Waals surface area contributed by atoms with Crippen molar-refractivity contribution in [3.05, 3.63) is 59.9 Å². The van der Waals surface area contributed by atoms with Gasteiger partial charge in [-0.1, -0.05) is 12.1 Å². The number of carbonyl (C=O) groups excluding carboxylic acids is 1. The average Bonchev–Trinajstić information content (AvgIpc) is 2.40. The number of nitrogens with two attached hydrogens (primary N) is 1. The minimum atomic E-state index is -0.169. The molecule has 1 aromatic heterocycles. The van der Waals surface area contributed by atoms with Gasteiger partial charge in [-0.25, -0.2) is 0 Å². The number of nitrogen functional groups attached to an aromatic ring is 1. The number of anilines is 1. The Bertz CT molecular complexity index is 540. The lowest BCUT2D eigenvalue weighted by atomic mass is 10.1. The van der Waals surface area contributed by atoms with Crippen LogP contribution in [0.25, 0.3) is 0 Å². The zero-order valence-electron chi connectivity index (χ0n) is 10.1. The first kappa shape index (κ1) is 12.1. The van der Waals surface area contributed by atoms with Gasteiger partial charge in [0.1, 0.15) is 0 Å². The van der Waals surface area contributed by atoms with Gasteiger partial charge in [-0.05, 0) is 36.8 Å². The Morgan fingerprint density at radius 3 is 2.56 bits per heavy atom. The molecule has 1 atom stereocenters. The molecule has 4 heteroatoms. The third-order valence-corrected chi connectivity index (χ3v) is 2.76. The van der Waals surface area contributed by atoms with E-state index in [1.165, 1.54) is 0 Å². The molecule has 0 bridgehead atoms. The molecule has 2 aromatic rings. The number of benzene rings is 1. The number of hydrogen-bond donors (Lipinski definition) is 2. The largest absolute Gasteiger partial charge is 0.398 e. The Morgan fingerprint density at radius 2 is 1.89 bits per heavy atom. The summed E-state index contributed by atoms with van der Waals surface area (Å²) in [5.74, 6) is -0.169. The van der Waals surface area contributed by atoms with E-state index in [1.54, 1.807) is 36.7 Å². The van der Waals surface area contributed by atoms with Crippen molar-refractivity contribution >= 4 is 11.6 Å². The molecular formula is C14H15N3O. The minimum Gasteiger partial charge on any atom is -0.398 e. The van der Waals surface area contributed by atoms with E-state index < -0.39 is 0 Å². The molecule has 0 aliphatic rings. The molecule has 1 heterocycles. The van der Waals surface area contributed by atoms with Gasteiger partial charge in [0.05, 0.1) is 11.6 Å². The number of carbonyl (C=O) groups is 1. The van der Waals surface area contributed by atoms with Crippen molar-refractivity contribution in [2.75, 3.05) is 5.73 Å². The number of pyridine rings is 1. The number of amides is 1. The van der Waals surface area contributed by atoms with E-state index in [9.17, 15) is 4.79 Å². The highest BCUT2D eigenvalue weighted by Gasteiger charge is 2.12. The third kappa shape index (κ3) is 2.66. The number of para-hydroxylation sites is 1. The van der Waals surface area contributed by atoms with Crippen LogP contribution >= 0.6 is 0 Å². The summed E-state index contributed by atoms with van der Waals surface area (Å²) in [6, 6.07) is 10.7. The molecule has 0 spiro atoms. The molecule has 0 aliphatic heterocycles. The van der Waals surface area contributed by atoms with Crippen LogP contribution in [0.3, 0.4) is 0 Å². The Labute approximate surface area is 106 Å². The fourth-order valence-corrected chi connectivity index (χ4v) is 1.71. The van der Waals surface area contributed by atoms with E-state index in [0.717, 1.165) is 5.56 Å². The first-order valence-corrected chi connectivity index (χ1v) is 5.74. The molecular weight excluding hydrogens is 226 g/mol. The average molecular weight is 241 g/mol. The zero-order valence-corrected chi connectivity index (χ0v) is 10.1. The SMILES string of the molecule is C[C@H](NC(=O)c1ccccc1N)c1ccncc1. The Hall–Kier alpha value is -2.36. The maximum Gasteiger partial charge on any atom is 0.253 e. The number of hydrogen-bond acceptors (Lipinski definition) is 3. The number of rotatable bonds is 3. The van der Waals surface area contributed by atoms with Gasteiger partial charge in [-0.3, -0.25) is 9.78 Å². The van der Waals surface area contributed by atoms with Gasteiger partial charge in [0.2, 0.25) is 0 Å². The van der Waals surface area contributed by atoms with Gasteiger partial charge in [0.25, 0.3) is 5.91 Å². The summed E-state index contributed by atoms with van der Waals surface area (Å²) in [6.07, 6.45) is 3.41. The summed E-state index contributed by atoms with van der Waals surface area (Å²) >= 11 is 0. The fourth-order valence-electron chi connectivity index (χ4n) is 1.71. The van der Waals surface area contributed by atoms with Crippen LogP contribution in [0.2, 0.25) is 0 Å². The summed E-state index contributed by atoms with van der Waals surface area (Å²) in [6.45, 7) is 1.92. The minimum absolute atomic E-state index is 0.0832. The van der Waals surface area contributed by atoms with Crippen LogP contribution in [-0.2, 0) is 0 Å². The maximum absolute atomic E-state index is 12.0. The van der Waals surface area contributed by atoms with Gasteiger partial charge in [0, 0.05) is 18.1 Å². The summed E-state index contributed by atoms with van der Waals surface area (Å²) in [7, 11) is 0. The van der Waals surface area contributed by atoms with E-state index >= 15 is 0 Å². The quantitative estimate of drug-likeness (QED) is 0.809. The molecule has 0 aliphatic carbocycles. The molecule has 3 N–H and O–H groups in total. The van der Waals surface area contributed by atoms with Gasteiger partial charge >= 0.3 is 0 Å². The lowest BCUT2D eigenvalue weighted by molar-refractivity contribution is 0.0941. The normalized spacial score (nSPS) is 11.8. The summed E-state index contributed by atoms with van der Waals surface area (Å²) < 4.78 is 0. The van der Waals surface area contributed by atoms with Crippen LogP contribution in [0.15, 0.2) is 48.8 Å². The molecule has 18 heavy (non-hydrogen) atoms. The topological polar surface area (TPSA) is 68.0 Å². The predicted molar refractivity (Wildman–Crippen MR) is 71.0 cm³/mol. The van der Waals surface area contributed by atoms with E-state index in [1.807, 2.05) is 19.1 Å². The van der Waals surface area contributed by atoms with Crippen molar-refractivity contribution < 1.29 is 4.79 Å².